The van der Waals surface area contributed by atoms with Gasteiger partial charge in [0.15, 0.2) is 0 Å². The van der Waals surface area contributed by atoms with E-state index in [1.807, 2.05) is 18.2 Å². The molecule has 0 radical (unpaired) electrons. The Morgan fingerprint density at radius 2 is 2.23 bits per heavy atom. The van der Waals surface area contributed by atoms with Gasteiger partial charge in [0.1, 0.15) is 0 Å². The summed E-state index contributed by atoms with van der Waals surface area (Å²) in [7, 11) is 0. The maximum atomic E-state index is 9.75. The fourth-order valence-corrected chi connectivity index (χ4v) is 1.94. The molecule has 1 aromatic rings. The Labute approximate surface area is 78.8 Å². The summed E-state index contributed by atoms with van der Waals surface area (Å²) < 4.78 is 0. The third-order valence-corrected chi connectivity index (χ3v) is 2.69. The molecule has 0 saturated heterocycles. The van der Waals surface area contributed by atoms with Crippen LogP contribution in [0.4, 0.5) is 5.69 Å². The van der Waals surface area contributed by atoms with Crippen LogP contribution in [0.5, 0.6) is 0 Å². The van der Waals surface area contributed by atoms with Gasteiger partial charge in [-0.1, -0.05) is 18.2 Å². The van der Waals surface area contributed by atoms with Crippen LogP contribution in [0.2, 0.25) is 0 Å². The molecule has 0 aliphatic carbocycles. The summed E-state index contributed by atoms with van der Waals surface area (Å²) in [6.07, 6.45) is 0.587. The Hall–Kier alpha value is -1.02. The third-order valence-electron chi connectivity index (χ3n) is 2.69. The highest BCUT2D eigenvalue weighted by atomic mass is 16.3. The zero-order valence-electron chi connectivity index (χ0n) is 7.90. The molecule has 0 amide bonds. The number of nitrogens with zero attached hydrogens (tertiary/aromatic N) is 1. The average molecular weight is 177 g/mol. The highest BCUT2D eigenvalue weighted by molar-refractivity contribution is 5.56. The SMILES string of the molecule is CCN1CC[C@H](O)c2ccccc21. The van der Waals surface area contributed by atoms with E-state index >= 15 is 0 Å². The number of hydrogen-bond acceptors (Lipinski definition) is 2. The molecule has 1 atom stereocenters. The van der Waals surface area contributed by atoms with Crippen molar-refractivity contribution in [2.24, 2.45) is 0 Å². The maximum absolute atomic E-state index is 9.75. The Balaban J connectivity index is 2.42. The fraction of sp³-hybridized carbons (Fsp3) is 0.455. The number of anilines is 1. The van der Waals surface area contributed by atoms with Crippen molar-refractivity contribution in [1.29, 1.82) is 0 Å². The van der Waals surface area contributed by atoms with E-state index in [1.54, 1.807) is 0 Å². The minimum Gasteiger partial charge on any atom is -0.388 e. The van der Waals surface area contributed by atoms with Gasteiger partial charge in [-0.3, -0.25) is 0 Å². The second-order valence-electron chi connectivity index (χ2n) is 3.44. The van der Waals surface area contributed by atoms with Crippen LogP contribution in [0.1, 0.15) is 25.0 Å². The van der Waals surface area contributed by atoms with Gasteiger partial charge >= 0.3 is 0 Å². The lowest BCUT2D eigenvalue weighted by Crippen LogP contribution is -2.30. The van der Waals surface area contributed by atoms with E-state index in [2.05, 4.69) is 17.9 Å². The van der Waals surface area contributed by atoms with E-state index in [9.17, 15) is 5.11 Å². The minimum atomic E-state index is -0.265. The van der Waals surface area contributed by atoms with Crippen molar-refractivity contribution in [2.75, 3.05) is 18.0 Å². The number of benzene rings is 1. The minimum absolute atomic E-state index is 0.265. The maximum Gasteiger partial charge on any atom is 0.0826 e. The van der Waals surface area contributed by atoms with Crippen molar-refractivity contribution < 1.29 is 5.11 Å². The second kappa shape index (κ2) is 3.38. The van der Waals surface area contributed by atoms with E-state index < -0.39 is 0 Å². The summed E-state index contributed by atoms with van der Waals surface area (Å²) >= 11 is 0. The molecule has 0 aromatic heterocycles. The Morgan fingerprint density at radius 3 is 3.00 bits per heavy atom. The van der Waals surface area contributed by atoms with E-state index in [0.29, 0.717) is 0 Å². The van der Waals surface area contributed by atoms with Crippen molar-refractivity contribution in [1.82, 2.24) is 0 Å². The fourth-order valence-electron chi connectivity index (χ4n) is 1.94. The summed E-state index contributed by atoms with van der Waals surface area (Å²) in [5.41, 5.74) is 2.28. The lowest BCUT2D eigenvalue weighted by molar-refractivity contribution is 0.164. The molecule has 0 bridgehead atoms. The van der Waals surface area contributed by atoms with Crippen LogP contribution in [0, 0.1) is 0 Å². The molecular weight excluding hydrogens is 162 g/mol. The molecule has 2 nitrogen and oxygen atoms in total. The van der Waals surface area contributed by atoms with E-state index in [4.69, 9.17) is 0 Å². The molecule has 0 saturated carbocycles. The first-order valence-corrected chi connectivity index (χ1v) is 4.85. The van der Waals surface area contributed by atoms with Crippen molar-refractivity contribution in [3.05, 3.63) is 29.8 Å². The van der Waals surface area contributed by atoms with Gasteiger partial charge in [0.25, 0.3) is 0 Å². The van der Waals surface area contributed by atoms with Crippen molar-refractivity contribution in [3.63, 3.8) is 0 Å². The predicted octanol–water partition coefficient (Wildman–Crippen LogP) is 1.95. The third kappa shape index (κ3) is 1.42. The quantitative estimate of drug-likeness (QED) is 0.708. The number of aliphatic hydroxyl groups excluding tert-OH is 1. The first-order valence-electron chi connectivity index (χ1n) is 4.85. The number of aliphatic hydroxyl groups is 1. The molecule has 1 aliphatic rings. The smallest absolute Gasteiger partial charge is 0.0826 e. The topological polar surface area (TPSA) is 23.5 Å². The monoisotopic (exact) mass is 177 g/mol. The molecule has 2 rings (SSSR count). The van der Waals surface area contributed by atoms with Gasteiger partial charge in [0.05, 0.1) is 6.10 Å². The molecule has 0 fully saturated rings. The van der Waals surface area contributed by atoms with E-state index in [1.165, 1.54) is 5.69 Å². The summed E-state index contributed by atoms with van der Waals surface area (Å²) in [6, 6.07) is 8.11. The van der Waals surface area contributed by atoms with Gasteiger partial charge in [0, 0.05) is 24.3 Å². The molecular formula is C11H15NO. The number of para-hydroxylation sites is 1. The number of hydrogen-bond donors (Lipinski definition) is 1. The van der Waals surface area contributed by atoms with Gasteiger partial charge in [-0.15, -0.1) is 0 Å². The summed E-state index contributed by atoms with van der Waals surface area (Å²) in [5, 5.41) is 9.75. The zero-order chi connectivity index (χ0) is 9.26. The average Bonchev–Trinajstić information content (AvgIpc) is 2.19. The summed E-state index contributed by atoms with van der Waals surface area (Å²) in [5.74, 6) is 0. The second-order valence-corrected chi connectivity index (χ2v) is 3.44. The first-order chi connectivity index (χ1) is 6.33. The molecule has 1 N–H and O–H groups in total. The molecule has 70 valence electrons. The zero-order valence-corrected chi connectivity index (χ0v) is 7.90. The molecule has 1 aliphatic heterocycles. The van der Waals surface area contributed by atoms with Gasteiger partial charge < -0.3 is 10.0 Å². The van der Waals surface area contributed by atoms with Crippen molar-refractivity contribution in [2.45, 2.75) is 19.4 Å². The highest BCUT2D eigenvalue weighted by Gasteiger charge is 2.21. The van der Waals surface area contributed by atoms with Crippen LogP contribution in [-0.2, 0) is 0 Å². The lowest BCUT2D eigenvalue weighted by Gasteiger charge is -2.32. The Morgan fingerprint density at radius 1 is 1.46 bits per heavy atom. The van der Waals surface area contributed by atoms with Crippen LogP contribution in [-0.4, -0.2) is 18.2 Å². The standard InChI is InChI=1S/C11H15NO/c1-2-12-8-7-11(13)9-5-3-4-6-10(9)12/h3-6,11,13H,2,7-8H2,1H3/t11-/m0/s1. The Kier molecular flexibility index (Phi) is 2.23. The molecule has 2 heteroatoms. The predicted molar refractivity (Wildman–Crippen MR) is 53.9 cm³/mol. The van der Waals surface area contributed by atoms with E-state index in [0.717, 1.165) is 25.1 Å². The van der Waals surface area contributed by atoms with Gasteiger partial charge in [-0.25, -0.2) is 0 Å². The number of rotatable bonds is 1. The Bertz CT molecular complexity index is 298. The molecule has 1 aromatic carbocycles. The molecule has 1 heterocycles. The lowest BCUT2D eigenvalue weighted by atomic mass is 9.99. The molecule has 13 heavy (non-hydrogen) atoms. The van der Waals surface area contributed by atoms with Crippen LogP contribution >= 0.6 is 0 Å². The number of fused-ring (bicyclic) bond motifs is 1. The van der Waals surface area contributed by atoms with Gasteiger partial charge in [0.2, 0.25) is 0 Å². The van der Waals surface area contributed by atoms with Gasteiger partial charge in [-0.2, -0.15) is 0 Å². The first kappa shape index (κ1) is 8.57. The summed E-state index contributed by atoms with van der Waals surface area (Å²) in [6.45, 7) is 4.13. The van der Waals surface area contributed by atoms with Crippen LogP contribution in [0.3, 0.4) is 0 Å². The summed E-state index contributed by atoms with van der Waals surface area (Å²) in [4.78, 5) is 2.31. The van der Waals surface area contributed by atoms with Crippen LogP contribution < -0.4 is 4.90 Å². The highest BCUT2D eigenvalue weighted by Crippen LogP contribution is 2.32. The van der Waals surface area contributed by atoms with Gasteiger partial charge in [-0.05, 0) is 19.4 Å². The molecule has 0 spiro atoms. The van der Waals surface area contributed by atoms with Crippen molar-refractivity contribution in [3.8, 4) is 0 Å². The largest absolute Gasteiger partial charge is 0.388 e. The molecule has 0 unspecified atom stereocenters. The normalized spacial score (nSPS) is 21.4. The van der Waals surface area contributed by atoms with Crippen molar-refractivity contribution >= 4 is 5.69 Å². The van der Waals surface area contributed by atoms with Crippen LogP contribution in [0.25, 0.3) is 0 Å². The van der Waals surface area contributed by atoms with E-state index in [-0.39, 0.29) is 6.10 Å². The van der Waals surface area contributed by atoms with Crippen LogP contribution in [0.15, 0.2) is 24.3 Å².